The van der Waals surface area contributed by atoms with Crippen LogP contribution in [0.3, 0.4) is 0 Å². The summed E-state index contributed by atoms with van der Waals surface area (Å²) in [5, 5.41) is 11.3. The minimum atomic E-state index is -0.316. The quantitative estimate of drug-likeness (QED) is 0.492. The average molecular weight is 432 g/mol. The highest BCUT2D eigenvalue weighted by Crippen LogP contribution is 2.38. The van der Waals surface area contributed by atoms with E-state index < -0.39 is 0 Å². The minimum absolute atomic E-state index is 0.271. The maximum absolute atomic E-state index is 13.2. The van der Waals surface area contributed by atoms with Crippen molar-refractivity contribution >= 4 is 5.91 Å². The second-order valence-corrected chi connectivity index (χ2v) is 7.94. The number of aromatic nitrogens is 5. The summed E-state index contributed by atoms with van der Waals surface area (Å²) in [6, 6.07) is 9.35. The average Bonchev–Trinajstić information content (AvgIpc) is 3.39. The van der Waals surface area contributed by atoms with Crippen molar-refractivity contribution in [3.05, 3.63) is 77.3 Å². The lowest BCUT2D eigenvalue weighted by Gasteiger charge is -2.14. The van der Waals surface area contributed by atoms with E-state index in [0.717, 1.165) is 29.8 Å². The van der Waals surface area contributed by atoms with E-state index in [4.69, 9.17) is 4.52 Å². The summed E-state index contributed by atoms with van der Waals surface area (Å²) in [6.45, 7) is 3.65. The smallest absolute Gasteiger partial charge is 0.258 e. The van der Waals surface area contributed by atoms with Crippen molar-refractivity contribution < 1.29 is 13.7 Å². The predicted octanol–water partition coefficient (Wildman–Crippen LogP) is 4.13. The first kappa shape index (κ1) is 20.0. The minimum Gasteiger partial charge on any atom is -0.345 e. The Morgan fingerprint density at radius 3 is 2.78 bits per heavy atom. The fourth-order valence-corrected chi connectivity index (χ4v) is 3.50. The molecule has 0 bridgehead atoms. The zero-order chi connectivity index (χ0) is 22.2. The molecule has 1 amide bonds. The van der Waals surface area contributed by atoms with Gasteiger partial charge in [0.05, 0.1) is 23.5 Å². The van der Waals surface area contributed by atoms with Crippen LogP contribution in [0.1, 0.15) is 59.2 Å². The van der Waals surface area contributed by atoms with Crippen LogP contribution in [0.2, 0.25) is 0 Å². The van der Waals surface area contributed by atoms with E-state index in [0.29, 0.717) is 28.9 Å². The Bertz CT molecular complexity index is 1280. The fraction of sp³-hybridized carbons (Fsp3) is 0.261. The van der Waals surface area contributed by atoms with Crippen LogP contribution in [-0.4, -0.2) is 30.8 Å². The van der Waals surface area contributed by atoms with Gasteiger partial charge in [-0.1, -0.05) is 17.3 Å². The summed E-state index contributed by atoms with van der Waals surface area (Å²) in [5.41, 5.74) is 2.62. The second-order valence-electron chi connectivity index (χ2n) is 7.94. The Balaban J connectivity index is 1.36. The maximum Gasteiger partial charge on any atom is 0.258 e. The van der Waals surface area contributed by atoms with Crippen molar-refractivity contribution in [1.29, 1.82) is 0 Å². The van der Waals surface area contributed by atoms with Crippen LogP contribution < -0.4 is 5.32 Å². The van der Waals surface area contributed by atoms with Gasteiger partial charge >= 0.3 is 0 Å². The lowest BCUT2D eigenvalue weighted by molar-refractivity contribution is 0.0939. The topological polar surface area (TPSA) is 98.7 Å². The predicted molar refractivity (Wildman–Crippen MR) is 114 cm³/mol. The molecular formula is C23H21FN6O2. The van der Waals surface area contributed by atoms with Gasteiger partial charge in [0.15, 0.2) is 11.6 Å². The van der Waals surface area contributed by atoms with Crippen molar-refractivity contribution in [3.63, 3.8) is 0 Å². The van der Waals surface area contributed by atoms with E-state index in [2.05, 4.69) is 25.5 Å². The number of carbonyl (C=O) groups excluding carboxylic acids is 1. The molecule has 1 fully saturated rings. The van der Waals surface area contributed by atoms with Gasteiger partial charge in [0, 0.05) is 17.7 Å². The van der Waals surface area contributed by atoms with Crippen LogP contribution in [0.5, 0.6) is 0 Å². The Kier molecular flexibility index (Phi) is 5.01. The summed E-state index contributed by atoms with van der Waals surface area (Å²) in [7, 11) is 0. The van der Waals surface area contributed by atoms with Crippen molar-refractivity contribution in [3.8, 4) is 17.3 Å². The molecule has 1 aromatic carbocycles. The Morgan fingerprint density at radius 2 is 2.03 bits per heavy atom. The van der Waals surface area contributed by atoms with Crippen LogP contribution in [0.15, 0.2) is 53.3 Å². The first-order chi connectivity index (χ1) is 15.5. The van der Waals surface area contributed by atoms with E-state index in [1.807, 2.05) is 6.92 Å². The molecule has 0 radical (unpaired) electrons. The van der Waals surface area contributed by atoms with Gasteiger partial charge in [-0.05, 0) is 56.5 Å². The van der Waals surface area contributed by atoms with Gasteiger partial charge in [-0.15, -0.1) is 0 Å². The van der Waals surface area contributed by atoms with Crippen LogP contribution in [-0.2, 0) is 0 Å². The molecule has 0 spiro atoms. The number of hydrogen-bond donors (Lipinski definition) is 1. The molecule has 4 aromatic rings. The zero-order valence-corrected chi connectivity index (χ0v) is 17.6. The van der Waals surface area contributed by atoms with Gasteiger partial charge in [-0.25, -0.2) is 14.1 Å². The Morgan fingerprint density at radius 1 is 1.25 bits per heavy atom. The van der Waals surface area contributed by atoms with Crippen LogP contribution >= 0.6 is 0 Å². The summed E-state index contributed by atoms with van der Waals surface area (Å²) in [6.07, 6.45) is 5.34. The molecule has 1 aliphatic carbocycles. The number of carbonyl (C=O) groups is 1. The van der Waals surface area contributed by atoms with Gasteiger partial charge in [-0.2, -0.15) is 10.1 Å². The first-order valence-corrected chi connectivity index (χ1v) is 10.4. The van der Waals surface area contributed by atoms with Crippen molar-refractivity contribution in [1.82, 2.24) is 30.2 Å². The molecule has 8 nitrogen and oxygen atoms in total. The third kappa shape index (κ3) is 3.89. The van der Waals surface area contributed by atoms with Gasteiger partial charge in [0.1, 0.15) is 5.82 Å². The molecule has 9 heteroatoms. The highest BCUT2D eigenvalue weighted by Gasteiger charge is 2.29. The van der Waals surface area contributed by atoms with Gasteiger partial charge in [0.25, 0.3) is 11.8 Å². The van der Waals surface area contributed by atoms with Gasteiger partial charge < -0.3 is 9.84 Å². The molecule has 3 aromatic heterocycles. The van der Waals surface area contributed by atoms with Crippen molar-refractivity contribution in [2.75, 3.05) is 0 Å². The van der Waals surface area contributed by atoms with Crippen LogP contribution in [0.25, 0.3) is 17.3 Å². The van der Waals surface area contributed by atoms with E-state index >= 15 is 0 Å². The standard InChI is InChI=1S/C23H21FN6O2/c1-13(15-5-7-18(24)8-6-15)27-22(31)19-12-26-30(14(19)2)20-11-17(9-10-25-20)23-28-21(29-32-23)16-3-4-16/h5-13,16H,3-4H2,1-2H3,(H,27,31)/t13-/m1/s1. The lowest BCUT2D eigenvalue weighted by Crippen LogP contribution is -2.27. The largest absolute Gasteiger partial charge is 0.345 e. The van der Waals surface area contributed by atoms with Gasteiger partial charge in [-0.3, -0.25) is 4.79 Å². The fourth-order valence-electron chi connectivity index (χ4n) is 3.50. The molecule has 162 valence electrons. The third-order valence-electron chi connectivity index (χ3n) is 5.57. The third-order valence-corrected chi connectivity index (χ3v) is 5.57. The number of hydrogen-bond acceptors (Lipinski definition) is 6. The van der Waals surface area contributed by atoms with E-state index in [1.54, 1.807) is 42.1 Å². The van der Waals surface area contributed by atoms with Crippen molar-refractivity contribution in [2.24, 2.45) is 0 Å². The summed E-state index contributed by atoms with van der Waals surface area (Å²) >= 11 is 0. The lowest BCUT2D eigenvalue weighted by atomic mass is 10.1. The molecule has 0 aliphatic heterocycles. The highest BCUT2D eigenvalue weighted by atomic mass is 19.1. The van der Waals surface area contributed by atoms with E-state index in [1.165, 1.54) is 18.3 Å². The molecule has 1 saturated carbocycles. The molecule has 0 unspecified atom stereocenters. The molecule has 1 aliphatic rings. The summed E-state index contributed by atoms with van der Waals surface area (Å²) in [4.78, 5) is 21.7. The number of amides is 1. The molecule has 1 atom stereocenters. The number of halogens is 1. The molecule has 0 saturated heterocycles. The highest BCUT2D eigenvalue weighted by molar-refractivity contribution is 5.95. The SMILES string of the molecule is Cc1c(C(=O)N[C@H](C)c2ccc(F)cc2)cnn1-c1cc(-c2nc(C3CC3)no2)ccn1. The Labute approximate surface area is 183 Å². The van der Waals surface area contributed by atoms with Crippen molar-refractivity contribution in [2.45, 2.75) is 38.6 Å². The normalized spacial score (nSPS) is 14.3. The number of pyridine rings is 1. The molecule has 1 N–H and O–H groups in total. The van der Waals surface area contributed by atoms with E-state index in [-0.39, 0.29) is 17.8 Å². The second kappa shape index (κ2) is 7.99. The van der Waals surface area contributed by atoms with Gasteiger partial charge in [0.2, 0.25) is 0 Å². The number of rotatable bonds is 6. The molecule has 3 heterocycles. The van der Waals surface area contributed by atoms with Crippen LogP contribution in [0, 0.1) is 12.7 Å². The zero-order valence-electron chi connectivity index (χ0n) is 17.6. The maximum atomic E-state index is 13.2. The number of benzene rings is 1. The molecule has 5 rings (SSSR count). The molecular weight excluding hydrogens is 411 g/mol. The summed E-state index contributed by atoms with van der Waals surface area (Å²) in [5.74, 6) is 1.53. The first-order valence-electron chi connectivity index (χ1n) is 10.4. The monoisotopic (exact) mass is 432 g/mol. The number of nitrogens with zero attached hydrogens (tertiary/aromatic N) is 5. The molecule has 32 heavy (non-hydrogen) atoms. The number of nitrogens with one attached hydrogen (secondary N) is 1. The Hall–Kier alpha value is -3.88. The van der Waals surface area contributed by atoms with E-state index in [9.17, 15) is 9.18 Å². The van der Waals surface area contributed by atoms with Crippen LogP contribution in [0.4, 0.5) is 4.39 Å². The summed E-state index contributed by atoms with van der Waals surface area (Å²) < 4.78 is 20.2.